The van der Waals surface area contributed by atoms with Crippen LogP contribution in [0.25, 0.3) is 0 Å². The molecule has 0 saturated carbocycles. The fourth-order valence-electron chi connectivity index (χ4n) is 1.23. The van der Waals surface area contributed by atoms with Gasteiger partial charge in [-0.15, -0.1) is 0 Å². The van der Waals surface area contributed by atoms with Crippen LogP contribution >= 0.6 is 11.6 Å². The molecule has 0 fully saturated rings. The zero-order valence-corrected chi connectivity index (χ0v) is 11.5. The van der Waals surface area contributed by atoms with Crippen LogP contribution in [-0.2, 0) is 0 Å². The van der Waals surface area contributed by atoms with Crippen LogP contribution in [-0.4, -0.2) is 34.1 Å². The van der Waals surface area contributed by atoms with Crippen molar-refractivity contribution >= 4 is 17.5 Å². The maximum atomic E-state index is 11.9. The van der Waals surface area contributed by atoms with E-state index in [1.165, 1.54) is 6.20 Å². The van der Waals surface area contributed by atoms with Crippen LogP contribution in [0.2, 0.25) is 5.02 Å². The van der Waals surface area contributed by atoms with Crippen LogP contribution in [0.3, 0.4) is 0 Å². The van der Waals surface area contributed by atoms with Gasteiger partial charge in [0.05, 0.1) is 11.2 Å². The summed E-state index contributed by atoms with van der Waals surface area (Å²) in [6.07, 6.45) is 1.44. The second kappa shape index (κ2) is 6.66. The lowest BCUT2D eigenvalue weighted by molar-refractivity contribution is 0.0937. The third-order valence-corrected chi connectivity index (χ3v) is 2.69. The Balaban J connectivity index is 2.81. The number of nitrogens with one attached hydrogen (secondary N) is 1. The second-order valence-electron chi connectivity index (χ2n) is 4.58. The molecule has 0 aliphatic rings. The number of aliphatic hydroxyl groups excluding tert-OH is 1. The molecule has 1 aromatic rings. The first-order valence-electron chi connectivity index (χ1n) is 5.87. The highest BCUT2D eigenvalue weighted by atomic mass is 35.5. The maximum absolute atomic E-state index is 11.9. The van der Waals surface area contributed by atoms with E-state index in [1.54, 1.807) is 0 Å². The Labute approximate surface area is 112 Å². The van der Waals surface area contributed by atoms with Gasteiger partial charge in [0, 0.05) is 19.1 Å². The minimum Gasteiger partial charge on any atom is -0.396 e. The lowest BCUT2D eigenvalue weighted by atomic mass is 10.2. The average molecular weight is 272 g/mol. The predicted molar refractivity (Wildman–Crippen MR) is 69.7 cm³/mol. The number of nitrogens with zero attached hydrogens (tertiary/aromatic N) is 2. The molecule has 0 radical (unpaired) electrons. The molecule has 1 rings (SSSR count). The number of hydrogen-bond donors (Lipinski definition) is 2. The van der Waals surface area contributed by atoms with Crippen molar-refractivity contribution in [2.75, 3.05) is 13.2 Å². The van der Waals surface area contributed by atoms with Gasteiger partial charge in [-0.2, -0.15) is 0 Å². The maximum Gasteiger partial charge on any atom is 0.271 e. The molecular formula is C12H18ClN3O2. The minimum atomic E-state index is -0.343. The smallest absolute Gasteiger partial charge is 0.271 e. The standard InChI is InChI=1S/C12H18ClN3O2/c1-7(2)11-14-5-9(13)10(16-11)12(18)15-4-8(3)6-17/h5,7-8,17H,4,6H2,1-3H3,(H,15,18). The molecule has 1 amide bonds. The Morgan fingerprint density at radius 1 is 1.50 bits per heavy atom. The Kier molecular flexibility index (Phi) is 5.50. The summed E-state index contributed by atoms with van der Waals surface area (Å²) < 4.78 is 0. The van der Waals surface area contributed by atoms with E-state index in [-0.39, 0.29) is 35.1 Å². The molecule has 0 aliphatic carbocycles. The first-order chi connectivity index (χ1) is 8.45. The molecule has 6 heteroatoms. The summed E-state index contributed by atoms with van der Waals surface area (Å²) in [6, 6.07) is 0. The number of rotatable bonds is 5. The van der Waals surface area contributed by atoms with E-state index in [0.29, 0.717) is 12.4 Å². The summed E-state index contributed by atoms with van der Waals surface area (Å²) in [4.78, 5) is 20.1. The minimum absolute atomic E-state index is 0.000804. The van der Waals surface area contributed by atoms with Crippen LogP contribution in [0.15, 0.2) is 6.20 Å². The van der Waals surface area contributed by atoms with Crippen LogP contribution in [0.5, 0.6) is 0 Å². The van der Waals surface area contributed by atoms with Crippen LogP contribution in [0.4, 0.5) is 0 Å². The van der Waals surface area contributed by atoms with E-state index in [1.807, 2.05) is 20.8 Å². The monoisotopic (exact) mass is 271 g/mol. The number of aliphatic hydroxyl groups is 1. The van der Waals surface area contributed by atoms with Gasteiger partial charge in [-0.25, -0.2) is 9.97 Å². The average Bonchev–Trinajstić information content (AvgIpc) is 2.35. The summed E-state index contributed by atoms with van der Waals surface area (Å²) >= 11 is 5.91. The van der Waals surface area contributed by atoms with Crippen molar-refractivity contribution in [3.05, 3.63) is 22.7 Å². The highest BCUT2D eigenvalue weighted by molar-refractivity contribution is 6.33. The quantitative estimate of drug-likeness (QED) is 0.853. The summed E-state index contributed by atoms with van der Waals surface area (Å²) in [5.74, 6) is 0.369. The van der Waals surface area contributed by atoms with Crippen molar-refractivity contribution in [3.63, 3.8) is 0 Å². The second-order valence-corrected chi connectivity index (χ2v) is 4.98. The highest BCUT2D eigenvalue weighted by Crippen LogP contribution is 2.16. The largest absolute Gasteiger partial charge is 0.396 e. The summed E-state index contributed by atoms with van der Waals surface area (Å²) in [7, 11) is 0. The van der Waals surface area contributed by atoms with Gasteiger partial charge in [-0.1, -0.05) is 32.4 Å². The first-order valence-corrected chi connectivity index (χ1v) is 6.25. The van der Waals surface area contributed by atoms with Gasteiger partial charge in [0.1, 0.15) is 11.5 Å². The fraction of sp³-hybridized carbons (Fsp3) is 0.583. The Hall–Kier alpha value is -1.20. The number of aromatic nitrogens is 2. The molecule has 0 bridgehead atoms. The summed E-state index contributed by atoms with van der Waals surface area (Å²) in [5.41, 5.74) is 0.181. The number of hydrogen-bond acceptors (Lipinski definition) is 4. The molecule has 1 atom stereocenters. The van der Waals surface area contributed by atoms with Gasteiger partial charge < -0.3 is 10.4 Å². The zero-order valence-electron chi connectivity index (χ0n) is 10.8. The molecule has 1 heterocycles. The molecule has 5 nitrogen and oxygen atoms in total. The van der Waals surface area contributed by atoms with E-state index in [9.17, 15) is 4.79 Å². The molecular weight excluding hydrogens is 254 g/mol. The van der Waals surface area contributed by atoms with Gasteiger partial charge in [0.25, 0.3) is 5.91 Å². The fourth-order valence-corrected chi connectivity index (χ4v) is 1.41. The van der Waals surface area contributed by atoms with Crippen molar-refractivity contribution < 1.29 is 9.90 Å². The molecule has 18 heavy (non-hydrogen) atoms. The zero-order chi connectivity index (χ0) is 13.7. The molecule has 0 spiro atoms. The Bertz CT molecular complexity index is 424. The molecule has 0 aliphatic heterocycles. The van der Waals surface area contributed by atoms with Gasteiger partial charge in [-0.05, 0) is 5.92 Å². The number of carbonyl (C=O) groups excluding carboxylic acids is 1. The molecule has 1 unspecified atom stereocenters. The van der Waals surface area contributed by atoms with Gasteiger partial charge >= 0.3 is 0 Å². The van der Waals surface area contributed by atoms with Gasteiger partial charge in [0.15, 0.2) is 0 Å². The molecule has 2 N–H and O–H groups in total. The third-order valence-electron chi connectivity index (χ3n) is 2.42. The van der Waals surface area contributed by atoms with Crippen LogP contribution in [0.1, 0.15) is 43.0 Å². The van der Waals surface area contributed by atoms with Gasteiger partial charge in [0.2, 0.25) is 0 Å². The van der Waals surface area contributed by atoms with Crippen molar-refractivity contribution in [1.82, 2.24) is 15.3 Å². The van der Waals surface area contributed by atoms with Crippen molar-refractivity contribution in [2.45, 2.75) is 26.7 Å². The van der Waals surface area contributed by atoms with E-state index in [0.717, 1.165) is 0 Å². The van der Waals surface area contributed by atoms with Crippen LogP contribution < -0.4 is 5.32 Å². The molecule has 0 saturated heterocycles. The predicted octanol–water partition coefficient (Wildman–Crippen LogP) is 1.61. The van der Waals surface area contributed by atoms with Crippen molar-refractivity contribution in [1.29, 1.82) is 0 Å². The van der Waals surface area contributed by atoms with E-state index in [4.69, 9.17) is 16.7 Å². The Morgan fingerprint density at radius 2 is 2.17 bits per heavy atom. The normalized spacial score (nSPS) is 12.6. The summed E-state index contributed by atoms with van der Waals surface area (Å²) in [5, 5.41) is 11.8. The molecule has 1 aromatic heterocycles. The van der Waals surface area contributed by atoms with Crippen molar-refractivity contribution in [2.24, 2.45) is 5.92 Å². The number of halogens is 1. The Morgan fingerprint density at radius 3 is 2.72 bits per heavy atom. The van der Waals surface area contributed by atoms with Crippen LogP contribution in [0, 0.1) is 5.92 Å². The molecule has 0 aromatic carbocycles. The lowest BCUT2D eigenvalue weighted by Crippen LogP contribution is -2.30. The SMILES string of the molecule is CC(CO)CNC(=O)c1nc(C(C)C)ncc1Cl. The summed E-state index contributed by atoms with van der Waals surface area (Å²) in [6.45, 7) is 6.13. The lowest BCUT2D eigenvalue weighted by Gasteiger charge is -2.11. The first kappa shape index (κ1) is 14.9. The van der Waals surface area contributed by atoms with E-state index < -0.39 is 0 Å². The van der Waals surface area contributed by atoms with E-state index in [2.05, 4.69) is 15.3 Å². The molecule has 100 valence electrons. The van der Waals surface area contributed by atoms with Gasteiger partial charge in [-0.3, -0.25) is 4.79 Å². The highest BCUT2D eigenvalue weighted by Gasteiger charge is 2.15. The van der Waals surface area contributed by atoms with E-state index >= 15 is 0 Å². The number of carbonyl (C=O) groups is 1. The van der Waals surface area contributed by atoms with Crippen molar-refractivity contribution in [3.8, 4) is 0 Å². The number of amides is 1. The topological polar surface area (TPSA) is 75.1 Å². The third kappa shape index (κ3) is 3.92.